The minimum Gasteiger partial charge on any atom is -0.213 e. The summed E-state index contributed by atoms with van der Waals surface area (Å²) in [7, 11) is -1.35. The molecule has 0 spiro atoms. The lowest BCUT2D eigenvalue weighted by Crippen LogP contribution is -2.31. The molecule has 0 aromatic heterocycles. The summed E-state index contributed by atoms with van der Waals surface area (Å²) in [5.41, 5.74) is 0. The minimum atomic E-state index is -2.99. The molecule has 13 heavy (non-hydrogen) atoms. The van der Waals surface area contributed by atoms with Crippen molar-refractivity contribution in [2.45, 2.75) is 19.3 Å². The molecule has 76 valence electrons. The Morgan fingerprint density at radius 2 is 2.15 bits per heavy atom. The second-order valence-electron chi connectivity index (χ2n) is 3.69. The van der Waals surface area contributed by atoms with Gasteiger partial charge in [0.1, 0.15) is 0 Å². The number of hydrogen-bond donors (Lipinski definition) is 0. The van der Waals surface area contributed by atoms with Crippen LogP contribution < -0.4 is 0 Å². The maximum absolute atomic E-state index is 11.1. The first kappa shape index (κ1) is 10.7. The fraction of sp³-hybridized carbons (Fsp3) is 0.778. The van der Waals surface area contributed by atoms with Crippen LogP contribution in [0.3, 0.4) is 0 Å². The van der Waals surface area contributed by atoms with Crippen molar-refractivity contribution in [3.63, 3.8) is 0 Å². The fourth-order valence-electron chi connectivity index (χ4n) is 1.52. The average Bonchev–Trinajstić information content (AvgIpc) is 2.04. The molecule has 0 radical (unpaired) electrons. The predicted molar refractivity (Wildman–Crippen MR) is 54.0 cm³/mol. The second-order valence-corrected chi connectivity index (χ2v) is 5.78. The summed E-state index contributed by atoms with van der Waals surface area (Å²) in [6.45, 7) is 0.656. The maximum atomic E-state index is 11.1. The fourth-order valence-corrected chi connectivity index (χ4v) is 2.00. The van der Waals surface area contributed by atoms with E-state index in [2.05, 4.69) is 12.2 Å². The Labute approximate surface area is 80.5 Å². The van der Waals surface area contributed by atoms with E-state index < -0.39 is 10.0 Å². The van der Waals surface area contributed by atoms with Crippen LogP contribution in [0.25, 0.3) is 0 Å². The molecule has 1 atom stereocenters. The molecule has 1 rings (SSSR count). The van der Waals surface area contributed by atoms with Gasteiger partial charge in [-0.2, -0.15) is 0 Å². The average molecular weight is 203 g/mol. The molecule has 1 unspecified atom stereocenters. The van der Waals surface area contributed by atoms with Crippen LogP contribution >= 0.6 is 0 Å². The molecule has 0 saturated carbocycles. The van der Waals surface area contributed by atoms with Crippen molar-refractivity contribution >= 4 is 10.0 Å². The van der Waals surface area contributed by atoms with Gasteiger partial charge in [0, 0.05) is 13.6 Å². The van der Waals surface area contributed by atoms with Gasteiger partial charge in [-0.1, -0.05) is 12.2 Å². The molecule has 4 heteroatoms. The highest BCUT2D eigenvalue weighted by Crippen LogP contribution is 2.19. The molecule has 0 aromatic carbocycles. The van der Waals surface area contributed by atoms with Crippen molar-refractivity contribution < 1.29 is 8.42 Å². The molecule has 0 bridgehead atoms. The molecule has 0 aromatic rings. The van der Waals surface area contributed by atoms with E-state index in [-0.39, 0.29) is 0 Å². The van der Waals surface area contributed by atoms with E-state index >= 15 is 0 Å². The van der Waals surface area contributed by atoms with Gasteiger partial charge in [0.25, 0.3) is 0 Å². The maximum Gasteiger partial charge on any atom is 0.210 e. The zero-order chi connectivity index (χ0) is 9.90. The summed E-state index contributed by atoms with van der Waals surface area (Å²) >= 11 is 0. The molecule has 0 saturated heterocycles. The molecular formula is C9H17NO2S. The van der Waals surface area contributed by atoms with E-state index in [4.69, 9.17) is 0 Å². The summed E-state index contributed by atoms with van der Waals surface area (Å²) in [4.78, 5) is 0. The number of nitrogens with zero attached hydrogens (tertiary/aromatic N) is 1. The normalized spacial score (nSPS) is 23.8. The Balaban J connectivity index is 2.45. The second kappa shape index (κ2) is 4.24. The molecule has 0 heterocycles. The minimum absolute atomic E-state index is 0.504. The molecule has 0 fully saturated rings. The highest BCUT2D eigenvalue weighted by molar-refractivity contribution is 7.88. The van der Waals surface area contributed by atoms with Crippen LogP contribution in [0.5, 0.6) is 0 Å². The van der Waals surface area contributed by atoms with Crippen molar-refractivity contribution in [3.8, 4) is 0 Å². The zero-order valence-corrected chi connectivity index (χ0v) is 9.05. The molecule has 0 aliphatic heterocycles. The first-order valence-corrected chi connectivity index (χ1v) is 6.41. The Hall–Kier alpha value is -0.350. The van der Waals surface area contributed by atoms with Gasteiger partial charge in [0.2, 0.25) is 10.0 Å². The van der Waals surface area contributed by atoms with Crippen molar-refractivity contribution in [3.05, 3.63) is 12.2 Å². The Morgan fingerprint density at radius 1 is 1.46 bits per heavy atom. The SMILES string of the molecule is CN(CC1CC=CCC1)S(C)(=O)=O. The van der Waals surface area contributed by atoms with Crippen LogP contribution in [0.2, 0.25) is 0 Å². The quantitative estimate of drug-likeness (QED) is 0.647. The summed E-state index contributed by atoms with van der Waals surface area (Å²) in [6.07, 6.45) is 8.77. The number of allylic oxidation sites excluding steroid dienone is 2. The van der Waals surface area contributed by atoms with E-state index in [1.807, 2.05) is 0 Å². The summed E-state index contributed by atoms with van der Waals surface area (Å²) in [5, 5.41) is 0. The van der Waals surface area contributed by atoms with Crippen molar-refractivity contribution in [1.29, 1.82) is 0 Å². The van der Waals surface area contributed by atoms with Gasteiger partial charge in [-0.3, -0.25) is 0 Å². The highest BCUT2D eigenvalue weighted by Gasteiger charge is 2.17. The molecule has 1 aliphatic rings. The van der Waals surface area contributed by atoms with E-state index in [1.54, 1.807) is 7.05 Å². The van der Waals surface area contributed by atoms with Gasteiger partial charge in [-0.25, -0.2) is 12.7 Å². The Morgan fingerprint density at radius 3 is 2.62 bits per heavy atom. The summed E-state index contributed by atoms with van der Waals surface area (Å²) < 4.78 is 23.7. The van der Waals surface area contributed by atoms with Gasteiger partial charge >= 0.3 is 0 Å². The van der Waals surface area contributed by atoms with E-state index in [9.17, 15) is 8.42 Å². The van der Waals surface area contributed by atoms with Crippen LogP contribution in [0.15, 0.2) is 12.2 Å². The van der Waals surface area contributed by atoms with Gasteiger partial charge in [-0.05, 0) is 25.2 Å². The standard InChI is InChI=1S/C9H17NO2S/c1-10(13(2,11)12)8-9-6-4-3-5-7-9/h3-4,9H,5-8H2,1-2H3. The molecule has 1 aliphatic carbocycles. The van der Waals surface area contributed by atoms with Crippen molar-refractivity contribution in [2.75, 3.05) is 19.8 Å². The third-order valence-electron chi connectivity index (χ3n) is 2.46. The lowest BCUT2D eigenvalue weighted by Gasteiger charge is -2.22. The van der Waals surface area contributed by atoms with E-state index in [1.165, 1.54) is 10.6 Å². The van der Waals surface area contributed by atoms with Crippen LogP contribution in [-0.4, -0.2) is 32.6 Å². The monoisotopic (exact) mass is 203 g/mol. The van der Waals surface area contributed by atoms with Crippen molar-refractivity contribution in [2.24, 2.45) is 5.92 Å². The van der Waals surface area contributed by atoms with E-state index in [0.29, 0.717) is 12.5 Å². The van der Waals surface area contributed by atoms with Crippen LogP contribution in [0.1, 0.15) is 19.3 Å². The van der Waals surface area contributed by atoms with Crippen LogP contribution in [0, 0.1) is 5.92 Å². The highest BCUT2D eigenvalue weighted by atomic mass is 32.2. The topological polar surface area (TPSA) is 37.4 Å². The molecule has 0 amide bonds. The molecule has 0 N–H and O–H groups in total. The summed E-state index contributed by atoms with van der Waals surface area (Å²) in [6, 6.07) is 0. The van der Waals surface area contributed by atoms with Gasteiger partial charge in [0.15, 0.2) is 0 Å². The lowest BCUT2D eigenvalue weighted by molar-refractivity contribution is 0.364. The first-order valence-electron chi connectivity index (χ1n) is 4.56. The number of sulfonamides is 1. The van der Waals surface area contributed by atoms with Gasteiger partial charge in [-0.15, -0.1) is 0 Å². The third-order valence-corrected chi connectivity index (χ3v) is 3.74. The zero-order valence-electron chi connectivity index (χ0n) is 8.23. The Bertz CT molecular complexity index is 282. The predicted octanol–water partition coefficient (Wildman–Crippen LogP) is 1.23. The third kappa shape index (κ3) is 3.48. The Kier molecular flexibility index (Phi) is 3.50. The molecular weight excluding hydrogens is 186 g/mol. The number of hydrogen-bond acceptors (Lipinski definition) is 2. The summed E-state index contributed by atoms with van der Waals surface area (Å²) in [5.74, 6) is 0.504. The van der Waals surface area contributed by atoms with Crippen molar-refractivity contribution in [1.82, 2.24) is 4.31 Å². The molecule has 3 nitrogen and oxygen atoms in total. The smallest absolute Gasteiger partial charge is 0.210 e. The lowest BCUT2D eigenvalue weighted by atomic mass is 9.95. The van der Waals surface area contributed by atoms with Crippen LogP contribution in [0.4, 0.5) is 0 Å². The number of rotatable bonds is 3. The van der Waals surface area contributed by atoms with Gasteiger partial charge < -0.3 is 0 Å². The van der Waals surface area contributed by atoms with E-state index in [0.717, 1.165) is 19.3 Å². The van der Waals surface area contributed by atoms with Crippen LogP contribution in [-0.2, 0) is 10.0 Å². The first-order chi connectivity index (χ1) is 6.00. The van der Waals surface area contributed by atoms with Gasteiger partial charge in [0.05, 0.1) is 6.26 Å². The largest absolute Gasteiger partial charge is 0.213 e.